The minimum Gasteiger partial charge on any atom is -0.352 e. The molecule has 1 aliphatic heterocycles. The second kappa shape index (κ2) is 6.33. The number of piperidine rings is 1. The monoisotopic (exact) mass is 394 g/mol. The number of hydrogen-bond donors (Lipinski definition) is 1. The summed E-state index contributed by atoms with van der Waals surface area (Å²) in [5.74, 6) is 0.831. The lowest BCUT2D eigenvalue weighted by molar-refractivity contribution is -0.135. The molecule has 5 rings (SSSR count). The van der Waals surface area contributed by atoms with Gasteiger partial charge in [0.1, 0.15) is 0 Å². The normalized spacial score (nSPS) is 27.7. The number of aryl methyl sites for hydroxylation is 2. The van der Waals surface area contributed by atoms with Crippen molar-refractivity contribution in [3.05, 3.63) is 35.4 Å². The summed E-state index contributed by atoms with van der Waals surface area (Å²) >= 11 is 0. The Morgan fingerprint density at radius 2 is 1.83 bits per heavy atom. The van der Waals surface area contributed by atoms with Crippen LogP contribution in [0.1, 0.15) is 63.5 Å². The van der Waals surface area contributed by atoms with E-state index in [9.17, 15) is 9.59 Å². The van der Waals surface area contributed by atoms with Crippen LogP contribution in [0.2, 0.25) is 0 Å². The maximum atomic E-state index is 13.0. The SMILES string of the molecule is Cc1cccc(CCC(=O)N2CCC(NC(=O)C3C4(CC4)C34CC4)C(C)(C)C2)c1. The van der Waals surface area contributed by atoms with Crippen molar-refractivity contribution in [2.45, 2.75) is 71.8 Å². The first-order valence-corrected chi connectivity index (χ1v) is 11.4. The molecule has 0 bridgehead atoms. The summed E-state index contributed by atoms with van der Waals surface area (Å²) in [7, 11) is 0. The fourth-order valence-electron chi connectivity index (χ4n) is 6.45. The Morgan fingerprint density at radius 3 is 2.41 bits per heavy atom. The molecule has 3 aliphatic carbocycles. The lowest BCUT2D eigenvalue weighted by atomic mass is 9.78. The first-order chi connectivity index (χ1) is 13.8. The third-order valence-corrected chi connectivity index (χ3v) is 8.46. The van der Waals surface area contributed by atoms with Crippen LogP contribution in [-0.2, 0) is 16.0 Å². The molecule has 1 aromatic rings. The van der Waals surface area contributed by atoms with E-state index in [1.165, 1.54) is 36.8 Å². The van der Waals surface area contributed by atoms with Crippen LogP contribution < -0.4 is 5.32 Å². The molecule has 2 spiro atoms. The number of carbonyl (C=O) groups is 2. The van der Waals surface area contributed by atoms with E-state index in [1.54, 1.807) is 0 Å². The van der Waals surface area contributed by atoms with Crippen LogP contribution >= 0.6 is 0 Å². The van der Waals surface area contributed by atoms with Gasteiger partial charge in [0, 0.05) is 31.0 Å². The van der Waals surface area contributed by atoms with Gasteiger partial charge >= 0.3 is 0 Å². The van der Waals surface area contributed by atoms with Crippen LogP contribution in [0.4, 0.5) is 0 Å². The third-order valence-electron chi connectivity index (χ3n) is 8.46. The summed E-state index contributed by atoms with van der Waals surface area (Å²) < 4.78 is 0. The third kappa shape index (κ3) is 3.10. The quantitative estimate of drug-likeness (QED) is 0.824. The number of rotatable bonds is 5. The molecule has 1 saturated heterocycles. The number of carbonyl (C=O) groups excluding carboxylic acids is 2. The summed E-state index contributed by atoms with van der Waals surface area (Å²) in [6.07, 6.45) is 7.28. The predicted octanol–water partition coefficient (Wildman–Crippen LogP) is 3.86. The van der Waals surface area contributed by atoms with E-state index < -0.39 is 0 Å². The van der Waals surface area contributed by atoms with Crippen molar-refractivity contribution in [1.82, 2.24) is 10.2 Å². The van der Waals surface area contributed by atoms with Crippen LogP contribution in [0, 0.1) is 29.1 Å². The van der Waals surface area contributed by atoms with E-state index in [-0.39, 0.29) is 17.4 Å². The van der Waals surface area contributed by atoms with E-state index in [0.29, 0.717) is 29.1 Å². The van der Waals surface area contributed by atoms with E-state index >= 15 is 0 Å². The second-order valence-corrected chi connectivity index (χ2v) is 10.9. The minimum absolute atomic E-state index is 0.0881. The van der Waals surface area contributed by atoms with Gasteiger partial charge in [-0.2, -0.15) is 0 Å². The van der Waals surface area contributed by atoms with E-state index in [2.05, 4.69) is 50.4 Å². The van der Waals surface area contributed by atoms with Gasteiger partial charge in [0.2, 0.25) is 11.8 Å². The highest BCUT2D eigenvalue weighted by Gasteiger charge is 2.88. The highest BCUT2D eigenvalue weighted by molar-refractivity contribution is 5.87. The number of likely N-dealkylation sites (tertiary alicyclic amines) is 1. The number of nitrogens with zero attached hydrogens (tertiary/aromatic N) is 1. The first kappa shape index (κ1) is 19.1. The van der Waals surface area contributed by atoms with Gasteiger partial charge in [0.25, 0.3) is 0 Å². The number of benzene rings is 1. The molecular weight excluding hydrogens is 360 g/mol. The van der Waals surface area contributed by atoms with Crippen LogP contribution in [-0.4, -0.2) is 35.8 Å². The number of amides is 2. The molecule has 4 nitrogen and oxygen atoms in total. The van der Waals surface area contributed by atoms with Gasteiger partial charge in [-0.1, -0.05) is 43.7 Å². The Kier molecular flexibility index (Phi) is 4.18. The number of hydrogen-bond acceptors (Lipinski definition) is 2. The summed E-state index contributed by atoms with van der Waals surface area (Å²) in [5.41, 5.74) is 3.20. The van der Waals surface area contributed by atoms with Crippen LogP contribution in [0.15, 0.2) is 24.3 Å². The van der Waals surface area contributed by atoms with Crippen molar-refractivity contribution in [3.63, 3.8) is 0 Å². The highest BCUT2D eigenvalue weighted by atomic mass is 16.2. The first-order valence-electron chi connectivity index (χ1n) is 11.4. The Bertz CT molecular complexity index is 832. The van der Waals surface area contributed by atoms with Crippen molar-refractivity contribution >= 4 is 11.8 Å². The summed E-state index contributed by atoms with van der Waals surface area (Å²) in [6.45, 7) is 7.97. The van der Waals surface area contributed by atoms with Gasteiger partial charge < -0.3 is 10.2 Å². The van der Waals surface area contributed by atoms with Crippen LogP contribution in [0.3, 0.4) is 0 Å². The topological polar surface area (TPSA) is 49.4 Å². The van der Waals surface area contributed by atoms with Crippen molar-refractivity contribution < 1.29 is 9.59 Å². The zero-order valence-electron chi connectivity index (χ0n) is 18.1. The average molecular weight is 395 g/mol. The zero-order chi connectivity index (χ0) is 20.4. The second-order valence-electron chi connectivity index (χ2n) is 10.9. The van der Waals surface area contributed by atoms with Gasteiger partial charge in [-0.15, -0.1) is 0 Å². The maximum Gasteiger partial charge on any atom is 0.224 e. The Balaban J connectivity index is 1.15. The molecule has 2 amide bonds. The highest BCUT2D eigenvalue weighted by Crippen LogP contribution is 2.92. The largest absolute Gasteiger partial charge is 0.352 e. The molecule has 4 fully saturated rings. The minimum atomic E-state index is -0.0881. The lowest BCUT2D eigenvalue weighted by Crippen LogP contribution is -2.57. The number of fused-ring (bicyclic) bond motifs is 1. The van der Waals surface area contributed by atoms with E-state index in [0.717, 1.165) is 25.9 Å². The van der Waals surface area contributed by atoms with Crippen molar-refractivity contribution in [2.24, 2.45) is 22.2 Å². The van der Waals surface area contributed by atoms with Crippen LogP contribution in [0.5, 0.6) is 0 Å². The molecular formula is C25H34N2O2. The summed E-state index contributed by atoms with van der Waals surface area (Å²) in [6, 6.07) is 8.58. The molecule has 0 aromatic heterocycles. The van der Waals surface area contributed by atoms with Crippen molar-refractivity contribution in [2.75, 3.05) is 13.1 Å². The van der Waals surface area contributed by atoms with Gasteiger partial charge in [0.15, 0.2) is 0 Å². The van der Waals surface area contributed by atoms with E-state index in [4.69, 9.17) is 0 Å². The standard InChI is InChI=1S/C25H34N2O2/c1-17-5-4-6-18(15-17)7-8-20(28)27-14-9-19(23(2,3)16-27)26-22(29)21-24(10-11-24)25(21)12-13-25/h4-6,15,19,21H,7-14,16H2,1-3H3,(H,26,29). The van der Waals surface area contributed by atoms with Crippen LogP contribution in [0.25, 0.3) is 0 Å². The Morgan fingerprint density at radius 1 is 1.14 bits per heavy atom. The Labute approximate surface area is 174 Å². The van der Waals surface area contributed by atoms with Gasteiger partial charge in [-0.25, -0.2) is 0 Å². The molecule has 156 valence electrons. The zero-order valence-corrected chi connectivity index (χ0v) is 18.1. The molecule has 3 saturated carbocycles. The van der Waals surface area contributed by atoms with E-state index in [1.807, 2.05) is 4.90 Å². The summed E-state index contributed by atoms with van der Waals surface area (Å²) in [4.78, 5) is 27.8. The number of nitrogens with one attached hydrogen (secondary N) is 1. The Hall–Kier alpha value is -1.84. The smallest absolute Gasteiger partial charge is 0.224 e. The molecule has 29 heavy (non-hydrogen) atoms. The lowest BCUT2D eigenvalue weighted by Gasteiger charge is -2.44. The van der Waals surface area contributed by atoms with Crippen molar-refractivity contribution in [1.29, 1.82) is 0 Å². The molecule has 1 N–H and O–H groups in total. The average Bonchev–Trinajstić information content (AvgIpc) is 3.59. The fraction of sp³-hybridized carbons (Fsp3) is 0.680. The summed E-state index contributed by atoms with van der Waals surface area (Å²) in [5, 5.41) is 3.41. The maximum absolute atomic E-state index is 13.0. The van der Waals surface area contributed by atoms with Gasteiger partial charge in [-0.05, 0) is 61.8 Å². The van der Waals surface area contributed by atoms with Gasteiger partial charge in [-0.3, -0.25) is 9.59 Å². The van der Waals surface area contributed by atoms with Crippen molar-refractivity contribution in [3.8, 4) is 0 Å². The molecule has 0 radical (unpaired) electrons. The molecule has 1 aromatic carbocycles. The fourth-order valence-corrected chi connectivity index (χ4v) is 6.45. The molecule has 1 atom stereocenters. The molecule has 1 heterocycles. The molecule has 4 heteroatoms. The predicted molar refractivity (Wildman–Crippen MR) is 113 cm³/mol. The molecule has 1 unspecified atom stereocenters. The van der Waals surface area contributed by atoms with Gasteiger partial charge in [0.05, 0.1) is 5.92 Å². The molecule has 4 aliphatic rings.